The predicted molar refractivity (Wildman–Crippen MR) is 92.4 cm³/mol. The van der Waals surface area contributed by atoms with Crippen LogP contribution in [0.5, 0.6) is 0 Å². The van der Waals surface area contributed by atoms with E-state index in [9.17, 15) is 14.3 Å². The highest BCUT2D eigenvalue weighted by molar-refractivity contribution is 5.90. The van der Waals surface area contributed by atoms with Gasteiger partial charge in [0, 0.05) is 6.07 Å². The number of aliphatic hydroxyl groups excluding tert-OH is 1. The zero-order chi connectivity index (χ0) is 17.6. The van der Waals surface area contributed by atoms with E-state index in [0.717, 1.165) is 5.56 Å². The van der Waals surface area contributed by atoms with Crippen LogP contribution in [0.25, 0.3) is 0 Å². The number of halogens is 1. The molecule has 6 heteroatoms. The maximum Gasteiger partial charge on any atom is 0.228 e. The van der Waals surface area contributed by atoms with Crippen molar-refractivity contribution in [2.75, 3.05) is 5.32 Å². The average molecular weight is 339 g/mol. The van der Waals surface area contributed by atoms with Crippen molar-refractivity contribution in [1.82, 2.24) is 9.78 Å². The molecule has 1 atom stereocenters. The smallest absolute Gasteiger partial charge is 0.228 e. The molecule has 1 unspecified atom stereocenters. The van der Waals surface area contributed by atoms with Gasteiger partial charge in [0.2, 0.25) is 5.91 Å². The van der Waals surface area contributed by atoms with Gasteiger partial charge in [-0.25, -0.2) is 9.07 Å². The Morgan fingerprint density at radius 1 is 1.16 bits per heavy atom. The summed E-state index contributed by atoms with van der Waals surface area (Å²) in [5.74, 6) is -0.273. The monoisotopic (exact) mass is 339 g/mol. The van der Waals surface area contributed by atoms with Crippen molar-refractivity contribution in [2.45, 2.75) is 19.1 Å². The Morgan fingerprint density at radius 2 is 1.96 bits per heavy atom. The number of carbonyl (C=O) groups is 1. The predicted octanol–water partition coefficient (Wildman–Crippen LogP) is 3.13. The molecule has 0 bridgehead atoms. The van der Waals surface area contributed by atoms with Gasteiger partial charge in [-0.3, -0.25) is 4.79 Å². The fraction of sp³-hybridized carbons (Fsp3) is 0.158. The highest BCUT2D eigenvalue weighted by Crippen LogP contribution is 2.19. The molecule has 1 heterocycles. The van der Waals surface area contributed by atoms with Crippen molar-refractivity contribution in [1.29, 1.82) is 0 Å². The minimum atomic E-state index is -1.07. The van der Waals surface area contributed by atoms with E-state index in [1.54, 1.807) is 23.0 Å². The van der Waals surface area contributed by atoms with E-state index in [1.807, 2.05) is 30.3 Å². The lowest BCUT2D eigenvalue weighted by molar-refractivity contribution is -0.118. The highest BCUT2D eigenvalue weighted by atomic mass is 19.1. The minimum absolute atomic E-state index is 0.167. The molecule has 2 N–H and O–H groups in total. The van der Waals surface area contributed by atoms with Gasteiger partial charge in [0.1, 0.15) is 11.6 Å². The summed E-state index contributed by atoms with van der Waals surface area (Å²) < 4.78 is 14.9. The summed E-state index contributed by atoms with van der Waals surface area (Å²) in [4.78, 5) is 12.2. The molecule has 25 heavy (non-hydrogen) atoms. The van der Waals surface area contributed by atoms with Crippen LogP contribution in [0.1, 0.15) is 23.7 Å². The van der Waals surface area contributed by atoms with E-state index >= 15 is 0 Å². The number of hydrogen-bond donors (Lipinski definition) is 2. The number of nitrogens with zero attached hydrogens (tertiary/aromatic N) is 2. The molecule has 0 radical (unpaired) electrons. The summed E-state index contributed by atoms with van der Waals surface area (Å²) in [6, 6.07) is 17.0. The second-order valence-corrected chi connectivity index (χ2v) is 5.68. The molecular weight excluding hydrogens is 321 g/mol. The first-order valence-corrected chi connectivity index (χ1v) is 7.91. The number of benzene rings is 2. The van der Waals surface area contributed by atoms with Crippen molar-refractivity contribution in [3.05, 3.63) is 83.8 Å². The lowest BCUT2D eigenvalue weighted by Crippen LogP contribution is -2.18. The summed E-state index contributed by atoms with van der Waals surface area (Å²) in [5, 5.41) is 17.0. The molecule has 0 saturated heterocycles. The summed E-state index contributed by atoms with van der Waals surface area (Å²) in [6.07, 6.45) is 0.364. The second-order valence-electron chi connectivity index (χ2n) is 5.68. The fourth-order valence-corrected chi connectivity index (χ4v) is 2.52. The Kier molecular flexibility index (Phi) is 5.20. The number of anilines is 1. The van der Waals surface area contributed by atoms with Crippen LogP contribution in [0, 0.1) is 5.82 Å². The Hall–Kier alpha value is -2.99. The number of nitrogens with one attached hydrogen (secondary N) is 1. The van der Waals surface area contributed by atoms with Crippen LogP contribution in [0.3, 0.4) is 0 Å². The maximum atomic E-state index is 13.2. The average Bonchev–Trinajstić information content (AvgIpc) is 3.02. The first-order chi connectivity index (χ1) is 12.1. The van der Waals surface area contributed by atoms with Crippen molar-refractivity contribution < 1.29 is 14.3 Å². The molecule has 3 aromatic rings. The van der Waals surface area contributed by atoms with Crippen LogP contribution in [0.2, 0.25) is 0 Å². The zero-order valence-electron chi connectivity index (χ0n) is 13.5. The highest BCUT2D eigenvalue weighted by Gasteiger charge is 2.15. The van der Waals surface area contributed by atoms with Crippen LogP contribution in [0.4, 0.5) is 10.2 Å². The van der Waals surface area contributed by atoms with Crippen LogP contribution in [-0.4, -0.2) is 20.8 Å². The molecule has 5 nitrogen and oxygen atoms in total. The van der Waals surface area contributed by atoms with Crippen LogP contribution in [-0.2, 0) is 11.3 Å². The Morgan fingerprint density at radius 3 is 2.72 bits per heavy atom. The summed E-state index contributed by atoms with van der Waals surface area (Å²) in [6.45, 7) is 0.524. The largest absolute Gasteiger partial charge is 0.388 e. The van der Waals surface area contributed by atoms with Gasteiger partial charge in [-0.1, -0.05) is 42.5 Å². The van der Waals surface area contributed by atoms with Gasteiger partial charge in [0.25, 0.3) is 0 Å². The summed E-state index contributed by atoms with van der Waals surface area (Å²) in [7, 11) is 0. The third kappa shape index (κ3) is 4.51. The Bertz CT molecular complexity index is 849. The molecule has 3 rings (SSSR count). The number of aromatic nitrogens is 2. The van der Waals surface area contributed by atoms with Gasteiger partial charge in [-0.05, 0) is 23.3 Å². The molecule has 0 aliphatic rings. The Balaban J connectivity index is 1.63. The Labute approximate surface area is 144 Å². The van der Waals surface area contributed by atoms with Gasteiger partial charge in [0.05, 0.1) is 25.3 Å². The molecule has 2 aromatic carbocycles. The SMILES string of the molecule is O=C(CC(O)c1cccc(F)c1)Nc1ccnn1Cc1ccccc1. The van der Waals surface area contributed by atoms with E-state index in [-0.39, 0.29) is 12.3 Å². The van der Waals surface area contributed by atoms with Gasteiger partial charge in [-0.15, -0.1) is 0 Å². The van der Waals surface area contributed by atoms with Gasteiger partial charge in [-0.2, -0.15) is 5.10 Å². The number of aliphatic hydroxyl groups is 1. The van der Waals surface area contributed by atoms with E-state index in [1.165, 1.54) is 18.2 Å². The molecule has 0 fully saturated rings. The van der Waals surface area contributed by atoms with E-state index in [4.69, 9.17) is 0 Å². The van der Waals surface area contributed by atoms with Crippen LogP contribution < -0.4 is 5.32 Å². The van der Waals surface area contributed by atoms with E-state index in [0.29, 0.717) is 17.9 Å². The molecule has 0 spiro atoms. The van der Waals surface area contributed by atoms with E-state index < -0.39 is 11.9 Å². The molecule has 0 aliphatic carbocycles. The summed E-state index contributed by atoms with van der Waals surface area (Å²) >= 11 is 0. The molecule has 1 aromatic heterocycles. The lowest BCUT2D eigenvalue weighted by atomic mass is 10.1. The third-order valence-corrected chi connectivity index (χ3v) is 3.77. The van der Waals surface area contributed by atoms with Crippen LogP contribution >= 0.6 is 0 Å². The minimum Gasteiger partial charge on any atom is -0.388 e. The molecule has 0 aliphatic heterocycles. The normalized spacial score (nSPS) is 11.9. The van der Waals surface area contributed by atoms with Crippen LogP contribution in [0.15, 0.2) is 66.9 Å². The number of amides is 1. The number of rotatable bonds is 6. The van der Waals surface area contributed by atoms with Gasteiger partial charge in [0.15, 0.2) is 0 Å². The van der Waals surface area contributed by atoms with E-state index in [2.05, 4.69) is 10.4 Å². The van der Waals surface area contributed by atoms with Crippen molar-refractivity contribution >= 4 is 11.7 Å². The topological polar surface area (TPSA) is 67.2 Å². The standard InChI is InChI=1S/C19H18FN3O2/c20-16-8-4-7-15(11-16)17(24)12-19(25)22-18-9-10-21-23(18)13-14-5-2-1-3-6-14/h1-11,17,24H,12-13H2,(H,22,25). The first-order valence-electron chi connectivity index (χ1n) is 7.91. The van der Waals surface area contributed by atoms with Gasteiger partial charge >= 0.3 is 0 Å². The lowest BCUT2D eigenvalue weighted by Gasteiger charge is -2.12. The van der Waals surface area contributed by atoms with Gasteiger partial charge < -0.3 is 10.4 Å². The molecule has 1 amide bonds. The second kappa shape index (κ2) is 7.72. The first kappa shape index (κ1) is 16.9. The summed E-state index contributed by atoms with van der Waals surface area (Å²) in [5.41, 5.74) is 1.43. The third-order valence-electron chi connectivity index (χ3n) is 3.77. The number of hydrogen-bond acceptors (Lipinski definition) is 3. The maximum absolute atomic E-state index is 13.2. The zero-order valence-corrected chi connectivity index (χ0v) is 13.5. The molecular formula is C19H18FN3O2. The van der Waals surface area contributed by atoms with Crippen molar-refractivity contribution in [2.24, 2.45) is 0 Å². The quantitative estimate of drug-likeness (QED) is 0.725. The van der Waals surface area contributed by atoms with Crippen molar-refractivity contribution in [3.63, 3.8) is 0 Å². The fourth-order valence-electron chi connectivity index (χ4n) is 2.52. The number of carbonyl (C=O) groups excluding carboxylic acids is 1. The molecule has 0 saturated carbocycles. The van der Waals surface area contributed by atoms with Crippen molar-refractivity contribution in [3.8, 4) is 0 Å². The molecule has 128 valence electrons.